The quantitative estimate of drug-likeness (QED) is 0.380. The molecule has 2 amide bonds. The molecule has 8 heteroatoms. The fourth-order valence-corrected chi connectivity index (χ4v) is 6.19. The summed E-state index contributed by atoms with van der Waals surface area (Å²) in [4.78, 5) is 43.3. The van der Waals surface area contributed by atoms with E-state index in [2.05, 4.69) is 13.5 Å². The molecular formula is C26H34N2O6. The third-order valence-electron chi connectivity index (χ3n) is 7.64. The van der Waals surface area contributed by atoms with Crippen molar-refractivity contribution in [3.63, 3.8) is 0 Å². The number of unbranched alkanes of at least 4 members (excludes halogenated alkanes) is 2. The molecule has 184 valence electrons. The Labute approximate surface area is 200 Å². The second-order valence-electron chi connectivity index (χ2n) is 9.53. The Morgan fingerprint density at radius 3 is 2.68 bits per heavy atom. The molecule has 0 unspecified atom stereocenters. The lowest BCUT2D eigenvalue weighted by Gasteiger charge is -2.39. The molecule has 6 atom stereocenters. The van der Waals surface area contributed by atoms with Crippen molar-refractivity contribution in [3.8, 4) is 0 Å². The van der Waals surface area contributed by atoms with Crippen molar-refractivity contribution in [1.82, 2.24) is 9.80 Å². The molecule has 3 aliphatic heterocycles. The number of rotatable bonds is 11. The molecule has 2 bridgehead atoms. The van der Waals surface area contributed by atoms with E-state index in [0.717, 1.165) is 19.3 Å². The highest BCUT2D eigenvalue weighted by Gasteiger charge is 2.75. The van der Waals surface area contributed by atoms with E-state index in [1.54, 1.807) is 23.1 Å². The minimum atomic E-state index is -1.20. The normalized spacial score (nSPS) is 30.3. The largest absolute Gasteiger partial charge is 0.481 e. The molecule has 0 aromatic heterocycles. The third-order valence-corrected chi connectivity index (χ3v) is 7.64. The molecule has 3 aliphatic rings. The Bertz CT molecular complexity index is 936. The maximum Gasteiger partial charge on any atom is 0.310 e. The fraction of sp³-hybridized carbons (Fsp3) is 0.577. The summed E-state index contributed by atoms with van der Waals surface area (Å²) in [6.45, 7) is 6.33. The van der Waals surface area contributed by atoms with E-state index in [9.17, 15) is 24.6 Å². The van der Waals surface area contributed by atoms with Crippen LogP contribution in [0.4, 0.5) is 0 Å². The predicted octanol–water partition coefficient (Wildman–Crippen LogP) is 2.38. The van der Waals surface area contributed by atoms with E-state index in [4.69, 9.17) is 4.74 Å². The van der Waals surface area contributed by atoms with Gasteiger partial charge in [-0.25, -0.2) is 0 Å². The van der Waals surface area contributed by atoms with Crippen molar-refractivity contribution in [1.29, 1.82) is 0 Å². The van der Waals surface area contributed by atoms with Gasteiger partial charge in [0.2, 0.25) is 11.8 Å². The van der Waals surface area contributed by atoms with Gasteiger partial charge in [0.25, 0.3) is 0 Å². The number of hydrogen-bond donors (Lipinski definition) is 2. The molecule has 0 saturated carbocycles. The van der Waals surface area contributed by atoms with Crippen LogP contribution in [0.15, 0.2) is 43.0 Å². The first-order valence-corrected chi connectivity index (χ1v) is 12.2. The van der Waals surface area contributed by atoms with Crippen LogP contribution in [0.2, 0.25) is 0 Å². The highest BCUT2D eigenvalue weighted by Crippen LogP contribution is 2.59. The first kappa shape index (κ1) is 24.4. The summed E-state index contributed by atoms with van der Waals surface area (Å²) in [6.07, 6.45) is 4.79. The van der Waals surface area contributed by atoms with Gasteiger partial charge in [-0.2, -0.15) is 0 Å². The number of ether oxygens (including phenoxy) is 1. The maximum absolute atomic E-state index is 14.1. The van der Waals surface area contributed by atoms with Crippen molar-refractivity contribution in [2.45, 2.75) is 62.8 Å². The number of carboxylic acid groups (broad SMARTS) is 1. The molecular weight excluding hydrogens is 436 g/mol. The second-order valence-corrected chi connectivity index (χ2v) is 9.53. The van der Waals surface area contributed by atoms with Crippen LogP contribution < -0.4 is 0 Å². The van der Waals surface area contributed by atoms with E-state index in [0.29, 0.717) is 31.5 Å². The van der Waals surface area contributed by atoms with Gasteiger partial charge in [-0.15, -0.1) is 6.58 Å². The van der Waals surface area contributed by atoms with Crippen LogP contribution in [0.1, 0.15) is 50.6 Å². The summed E-state index contributed by atoms with van der Waals surface area (Å²) in [7, 11) is 0. The highest BCUT2D eigenvalue weighted by atomic mass is 16.5. The Hall–Kier alpha value is -2.71. The smallest absolute Gasteiger partial charge is 0.310 e. The Morgan fingerprint density at radius 1 is 1.32 bits per heavy atom. The summed E-state index contributed by atoms with van der Waals surface area (Å²) in [5.41, 5.74) is -0.510. The molecule has 1 aromatic carbocycles. The molecule has 1 aromatic rings. The molecule has 2 N–H and O–H groups in total. The predicted molar refractivity (Wildman–Crippen MR) is 125 cm³/mol. The van der Waals surface area contributed by atoms with Crippen molar-refractivity contribution >= 4 is 17.8 Å². The number of fused-ring (bicyclic) bond motifs is 1. The number of hydrogen-bond acceptors (Lipinski definition) is 5. The Kier molecular flexibility index (Phi) is 7.09. The number of amides is 2. The number of benzene rings is 1. The van der Waals surface area contributed by atoms with Crippen LogP contribution in [0.25, 0.3) is 0 Å². The highest BCUT2D eigenvalue weighted by molar-refractivity contribution is 5.98. The average Bonchev–Trinajstić information content (AvgIpc) is 3.47. The summed E-state index contributed by atoms with van der Waals surface area (Å²) in [6, 6.07) is 7.29. The van der Waals surface area contributed by atoms with E-state index < -0.39 is 47.5 Å². The number of aliphatic hydroxyl groups is 1. The molecule has 1 spiro atoms. The number of carboxylic acids is 1. The lowest BCUT2D eigenvalue weighted by Crippen LogP contribution is -2.57. The fourth-order valence-electron chi connectivity index (χ4n) is 6.19. The van der Waals surface area contributed by atoms with Crippen LogP contribution in [0.5, 0.6) is 0 Å². The lowest BCUT2D eigenvalue weighted by atomic mass is 9.70. The average molecular weight is 471 g/mol. The van der Waals surface area contributed by atoms with Gasteiger partial charge in [0, 0.05) is 13.1 Å². The van der Waals surface area contributed by atoms with Crippen molar-refractivity contribution in [2.24, 2.45) is 11.8 Å². The zero-order valence-electron chi connectivity index (χ0n) is 19.6. The van der Waals surface area contributed by atoms with E-state index >= 15 is 0 Å². The zero-order chi connectivity index (χ0) is 24.5. The minimum absolute atomic E-state index is 0.270. The minimum Gasteiger partial charge on any atom is -0.481 e. The monoisotopic (exact) mass is 470 g/mol. The number of aliphatic hydroxyl groups excluding tert-OH is 1. The van der Waals surface area contributed by atoms with Gasteiger partial charge in [0.15, 0.2) is 0 Å². The van der Waals surface area contributed by atoms with E-state index in [-0.39, 0.29) is 12.5 Å². The summed E-state index contributed by atoms with van der Waals surface area (Å²) < 4.78 is 6.28. The molecule has 8 nitrogen and oxygen atoms in total. The number of likely N-dealkylation sites (tertiary alicyclic amines) is 1. The van der Waals surface area contributed by atoms with Gasteiger partial charge in [0.1, 0.15) is 11.6 Å². The SMILES string of the molecule is C=CCN(CCCCC)C(=O)[C@@H]1N([C@H](CO)c2ccccc2)C(=O)[C@H]2[C@H](C(=O)O)[C@@H]3CC[C@]12O3. The summed E-state index contributed by atoms with van der Waals surface area (Å²) in [5.74, 6) is -3.72. The third kappa shape index (κ3) is 3.82. The standard InChI is InChI=1S/C26H34N2O6/c1-3-5-9-15-27(14-4-2)24(31)22-26-13-12-19(34-26)20(25(32)33)21(26)23(30)28(22)18(16-29)17-10-7-6-8-11-17/h4,6-8,10-11,18-22,29H,2-3,5,9,12-16H2,1H3,(H,32,33)/t18-,19+,20-,21-,22+,26-/m1/s1. The molecule has 3 saturated heterocycles. The number of carbonyl (C=O) groups excluding carboxylic acids is 2. The lowest BCUT2D eigenvalue weighted by molar-refractivity contribution is -0.153. The van der Waals surface area contributed by atoms with Crippen LogP contribution in [0, 0.1) is 11.8 Å². The van der Waals surface area contributed by atoms with Gasteiger partial charge in [-0.1, -0.05) is 56.2 Å². The second kappa shape index (κ2) is 9.88. The van der Waals surface area contributed by atoms with Crippen molar-refractivity contribution in [2.75, 3.05) is 19.7 Å². The first-order chi connectivity index (χ1) is 16.4. The van der Waals surface area contributed by atoms with Crippen LogP contribution in [-0.2, 0) is 19.1 Å². The number of carbonyl (C=O) groups is 3. The van der Waals surface area contributed by atoms with E-state index in [1.165, 1.54) is 4.90 Å². The van der Waals surface area contributed by atoms with Gasteiger partial charge >= 0.3 is 5.97 Å². The molecule has 0 radical (unpaired) electrons. The Morgan fingerprint density at radius 2 is 2.06 bits per heavy atom. The van der Waals surface area contributed by atoms with Crippen LogP contribution in [-0.4, -0.2) is 75.2 Å². The zero-order valence-corrected chi connectivity index (χ0v) is 19.6. The maximum atomic E-state index is 14.1. The Balaban J connectivity index is 1.79. The first-order valence-electron chi connectivity index (χ1n) is 12.2. The summed E-state index contributed by atoms with van der Waals surface area (Å²) in [5, 5.41) is 20.3. The molecule has 34 heavy (non-hydrogen) atoms. The van der Waals surface area contributed by atoms with Crippen molar-refractivity contribution in [3.05, 3.63) is 48.6 Å². The van der Waals surface area contributed by atoms with Crippen LogP contribution >= 0.6 is 0 Å². The number of aliphatic carboxylic acids is 1. The summed E-state index contributed by atoms with van der Waals surface area (Å²) >= 11 is 0. The van der Waals surface area contributed by atoms with Crippen LogP contribution in [0.3, 0.4) is 0 Å². The van der Waals surface area contributed by atoms with Gasteiger partial charge < -0.3 is 24.7 Å². The van der Waals surface area contributed by atoms with E-state index in [1.807, 2.05) is 18.2 Å². The number of nitrogens with zero attached hydrogens (tertiary/aromatic N) is 2. The van der Waals surface area contributed by atoms with Gasteiger partial charge in [-0.05, 0) is 24.8 Å². The van der Waals surface area contributed by atoms with Gasteiger partial charge in [0.05, 0.1) is 30.6 Å². The topological polar surface area (TPSA) is 107 Å². The molecule has 4 rings (SSSR count). The molecule has 0 aliphatic carbocycles. The molecule has 3 fully saturated rings. The van der Waals surface area contributed by atoms with Gasteiger partial charge in [-0.3, -0.25) is 14.4 Å². The van der Waals surface area contributed by atoms with Crippen molar-refractivity contribution < 1.29 is 29.3 Å². The molecule has 3 heterocycles.